The van der Waals surface area contributed by atoms with Crippen molar-refractivity contribution in [2.75, 3.05) is 6.61 Å². The second-order valence-corrected chi connectivity index (χ2v) is 3.69. The van der Waals surface area contributed by atoms with E-state index in [0.717, 1.165) is 11.8 Å². The molecule has 3 rings (SSSR count). The zero-order valence-corrected chi connectivity index (χ0v) is 8.21. The van der Waals surface area contributed by atoms with Gasteiger partial charge < -0.3 is 4.74 Å². The molecule has 0 saturated carbocycles. The van der Waals surface area contributed by atoms with Crippen LogP contribution in [0, 0.1) is 0 Å². The van der Waals surface area contributed by atoms with Crippen LogP contribution in [0.25, 0.3) is 10.8 Å². The summed E-state index contributed by atoms with van der Waals surface area (Å²) < 4.78 is 5.39. The van der Waals surface area contributed by atoms with E-state index in [-0.39, 0.29) is 0 Å². The summed E-state index contributed by atoms with van der Waals surface area (Å²) in [6.07, 6.45) is 0.931. The predicted octanol–water partition coefficient (Wildman–Crippen LogP) is 2.82. The molecule has 70 valence electrons. The highest BCUT2D eigenvalue weighted by molar-refractivity contribution is 6.34. The lowest BCUT2D eigenvalue weighted by atomic mass is 10.1. The molecular formula is C11H8ClNO. The van der Waals surface area contributed by atoms with E-state index in [4.69, 9.17) is 16.3 Å². The average molecular weight is 206 g/mol. The zero-order valence-electron chi connectivity index (χ0n) is 7.46. The highest BCUT2D eigenvalue weighted by Gasteiger charge is 2.18. The number of nitrogens with zero attached hydrogens (tertiary/aromatic N) is 1. The van der Waals surface area contributed by atoms with Gasteiger partial charge in [0.1, 0.15) is 5.15 Å². The van der Waals surface area contributed by atoms with E-state index in [1.165, 1.54) is 10.9 Å². The minimum absolute atomic E-state index is 0.529. The number of rotatable bonds is 0. The van der Waals surface area contributed by atoms with Crippen molar-refractivity contribution < 1.29 is 4.74 Å². The Kier molecular flexibility index (Phi) is 1.64. The SMILES string of the molecule is Clc1nc2c(c3ccccc13)CCO2. The molecule has 0 atom stereocenters. The van der Waals surface area contributed by atoms with Gasteiger partial charge in [-0.15, -0.1) is 0 Å². The molecule has 3 heteroatoms. The molecular weight excluding hydrogens is 198 g/mol. The van der Waals surface area contributed by atoms with Crippen molar-refractivity contribution in [3.8, 4) is 5.88 Å². The Labute approximate surface area is 86.5 Å². The number of hydrogen-bond donors (Lipinski definition) is 0. The Hall–Kier alpha value is -1.28. The summed E-state index contributed by atoms with van der Waals surface area (Å²) in [5, 5.41) is 2.71. The first kappa shape index (κ1) is 8.06. The monoisotopic (exact) mass is 205 g/mol. The Morgan fingerprint density at radius 1 is 1.21 bits per heavy atom. The molecule has 0 unspecified atom stereocenters. The summed E-state index contributed by atoms with van der Waals surface area (Å²) in [5.41, 5.74) is 1.19. The van der Waals surface area contributed by atoms with Crippen molar-refractivity contribution >= 4 is 22.4 Å². The first-order valence-corrected chi connectivity index (χ1v) is 4.94. The average Bonchev–Trinajstić information content (AvgIpc) is 2.66. The fourth-order valence-corrected chi connectivity index (χ4v) is 2.11. The molecule has 0 N–H and O–H groups in total. The molecule has 1 aromatic heterocycles. The van der Waals surface area contributed by atoms with Gasteiger partial charge in [-0.3, -0.25) is 0 Å². The number of pyridine rings is 1. The summed E-state index contributed by atoms with van der Waals surface area (Å²) in [6, 6.07) is 8.04. The molecule has 1 aromatic carbocycles. The van der Waals surface area contributed by atoms with Crippen LogP contribution in [0.4, 0.5) is 0 Å². The summed E-state index contributed by atoms with van der Waals surface area (Å²) >= 11 is 6.05. The Morgan fingerprint density at radius 2 is 2.00 bits per heavy atom. The van der Waals surface area contributed by atoms with Gasteiger partial charge in [0.25, 0.3) is 0 Å². The van der Waals surface area contributed by atoms with Crippen molar-refractivity contribution in [1.29, 1.82) is 0 Å². The van der Waals surface area contributed by atoms with Gasteiger partial charge in [0.2, 0.25) is 5.88 Å². The Bertz CT molecular complexity index is 510. The van der Waals surface area contributed by atoms with Crippen molar-refractivity contribution in [3.63, 3.8) is 0 Å². The molecule has 0 spiro atoms. The van der Waals surface area contributed by atoms with Gasteiger partial charge >= 0.3 is 0 Å². The molecule has 0 bridgehead atoms. The summed E-state index contributed by atoms with van der Waals surface area (Å²) in [5.74, 6) is 0.703. The lowest BCUT2D eigenvalue weighted by Gasteiger charge is -2.04. The van der Waals surface area contributed by atoms with Crippen molar-refractivity contribution in [2.45, 2.75) is 6.42 Å². The first-order chi connectivity index (χ1) is 6.86. The maximum absolute atomic E-state index is 6.05. The van der Waals surface area contributed by atoms with Crippen LogP contribution < -0.4 is 4.74 Å². The van der Waals surface area contributed by atoms with Gasteiger partial charge in [-0.05, 0) is 5.39 Å². The number of ether oxygens (including phenoxy) is 1. The predicted molar refractivity (Wildman–Crippen MR) is 56.0 cm³/mol. The van der Waals surface area contributed by atoms with Crippen molar-refractivity contribution in [3.05, 3.63) is 35.0 Å². The van der Waals surface area contributed by atoms with Crippen LogP contribution in [0.5, 0.6) is 5.88 Å². The Balaban J connectivity index is 2.47. The van der Waals surface area contributed by atoms with Gasteiger partial charge in [0.05, 0.1) is 6.61 Å². The van der Waals surface area contributed by atoms with Gasteiger partial charge in [-0.25, -0.2) is 4.98 Å². The minimum atomic E-state index is 0.529. The van der Waals surface area contributed by atoms with E-state index in [0.29, 0.717) is 17.6 Å². The highest BCUT2D eigenvalue weighted by atomic mass is 35.5. The second kappa shape index (κ2) is 2.85. The molecule has 2 nitrogen and oxygen atoms in total. The lowest BCUT2D eigenvalue weighted by Crippen LogP contribution is -1.88. The minimum Gasteiger partial charge on any atom is -0.477 e. The quantitative estimate of drug-likeness (QED) is 0.617. The fraction of sp³-hybridized carbons (Fsp3) is 0.182. The smallest absolute Gasteiger partial charge is 0.218 e. The van der Waals surface area contributed by atoms with Crippen LogP contribution in [0.1, 0.15) is 5.56 Å². The largest absolute Gasteiger partial charge is 0.477 e. The number of halogens is 1. The summed E-state index contributed by atoms with van der Waals surface area (Å²) in [7, 11) is 0. The molecule has 0 fully saturated rings. The second-order valence-electron chi connectivity index (χ2n) is 3.33. The maximum Gasteiger partial charge on any atom is 0.218 e. The van der Waals surface area contributed by atoms with Crippen LogP contribution in [-0.4, -0.2) is 11.6 Å². The number of benzene rings is 1. The van der Waals surface area contributed by atoms with Gasteiger partial charge in [-0.1, -0.05) is 35.9 Å². The summed E-state index contributed by atoms with van der Waals surface area (Å²) in [4.78, 5) is 4.23. The molecule has 0 aliphatic carbocycles. The van der Waals surface area contributed by atoms with Crippen LogP contribution in [0.15, 0.2) is 24.3 Å². The van der Waals surface area contributed by atoms with Crippen molar-refractivity contribution in [1.82, 2.24) is 4.98 Å². The van der Waals surface area contributed by atoms with Crippen LogP contribution >= 0.6 is 11.6 Å². The number of fused-ring (bicyclic) bond motifs is 3. The zero-order chi connectivity index (χ0) is 9.54. The molecule has 1 aliphatic rings. The Morgan fingerprint density at radius 3 is 2.86 bits per heavy atom. The van der Waals surface area contributed by atoms with Crippen LogP contribution in [-0.2, 0) is 6.42 Å². The number of hydrogen-bond acceptors (Lipinski definition) is 2. The third kappa shape index (κ3) is 1.01. The van der Waals surface area contributed by atoms with Gasteiger partial charge in [0.15, 0.2) is 0 Å². The van der Waals surface area contributed by atoms with Crippen LogP contribution in [0.3, 0.4) is 0 Å². The van der Waals surface area contributed by atoms with Crippen LogP contribution in [0.2, 0.25) is 5.15 Å². The highest BCUT2D eigenvalue weighted by Crippen LogP contribution is 2.33. The third-order valence-electron chi connectivity index (χ3n) is 2.52. The van der Waals surface area contributed by atoms with E-state index in [9.17, 15) is 0 Å². The van der Waals surface area contributed by atoms with Gasteiger partial charge in [-0.2, -0.15) is 0 Å². The topological polar surface area (TPSA) is 22.1 Å². The van der Waals surface area contributed by atoms with Crippen molar-refractivity contribution in [2.24, 2.45) is 0 Å². The van der Waals surface area contributed by atoms with E-state index < -0.39 is 0 Å². The molecule has 2 aromatic rings. The normalized spacial score (nSPS) is 14.1. The maximum atomic E-state index is 6.05. The summed E-state index contributed by atoms with van der Waals surface area (Å²) in [6.45, 7) is 0.715. The first-order valence-electron chi connectivity index (χ1n) is 4.56. The molecule has 1 aliphatic heterocycles. The third-order valence-corrected chi connectivity index (χ3v) is 2.81. The molecule has 0 amide bonds. The van der Waals surface area contributed by atoms with E-state index >= 15 is 0 Å². The molecule has 0 radical (unpaired) electrons. The molecule has 0 saturated heterocycles. The van der Waals surface area contributed by atoms with E-state index in [2.05, 4.69) is 11.1 Å². The van der Waals surface area contributed by atoms with Gasteiger partial charge in [0, 0.05) is 17.4 Å². The molecule has 14 heavy (non-hydrogen) atoms. The van der Waals surface area contributed by atoms with E-state index in [1.807, 2.05) is 18.2 Å². The molecule has 2 heterocycles. The van der Waals surface area contributed by atoms with E-state index in [1.54, 1.807) is 0 Å². The standard InChI is InChI=1S/C11H8ClNO/c12-10-8-4-2-1-3-7(8)9-5-6-14-11(9)13-10/h1-4H,5-6H2. The lowest BCUT2D eigenvalue weighted by molar-refractivity contribution is 0.345. The fourth-order valence-electron chi connectivity index (χ4n) is 1.87. The number of aromatic nitrogens is 1.